The van der Waals surface area contributed by atoms with Crippen LogP contribution < -0.4 is 5.32 Å². The standard InChI is InChI=1S/C13H23NO7/c1-3-4-5-9(17)21-13-10(14-7(2)16)12(19)11(18)8(6-15)20-13/h8,10-13,15,18-19H,3-6H2,1-2H3,(H,14,16)/t8?,10?,11-,12?,13+/m1/s1. The molecule has 1 heterocycles. The monoisotopic (exact) mass is 305 g/mol. The highest BCUT2D eigenvalue weighted by Crippen LogP contribution is 2.22. The van der Waals surface area contributed by atoms with Crippen molar-refractivity contribution in [3.8, 4) is 0 Å². The molecule has 0 aromatic rings. The number of unbranched alkanes of at least 4 members (excludes halogenated alkanes) is 1. The Kier molecular flexibility index (Phi) is 7.03. The van der Waals surface area contributed by atoms with Crippen molar-refractivity contribution in [3.05, 3.63) is 0 Å². The third kappa shape index (κ3) is 4.92. The van der Waals surface area contributed by atoms with Crippen LogP contribution in [-0.4, -0.2) is 64.4 Å². The molecule has 1 amide bonds. The Balaban J connectivity index is 2.78. The summed E-state index contributed by atoms with van der Waals surface area (Å²) >= 11 is 0. The smallest absolute Gasteiger partial charge is 0.308 e. The average Bonchev–Trinajstić information content (AvgIpc) is 2.44. The first-order chi connectivity index (χ1) is 9.90. The zero-order chi connectivity index (χ0) is 16.0. The van der Waals surface area contributed by atoms with Crippen LogP contribution in [0.5, 0.6) is 0 Å². The molecule has 0 aromatic carbocycles. The second kappa shape index (κ2) is 8.28. The fraction of sp³-hybridized carbons (Fsp3) is 0.846. The molecular formula is C13H23NO7. The Bertz CT molecular complexity index is 362. The number of nitrogens with one attached hydrogen (secondary N) is 1. The van der Waals surface area contributed by atoms with Crippen molar-refractivity contribution in [3.63, 3.8) is 0 Å². The number of carbonyl (C=O) groups is 2. The third-order valence-electron chi connectivity index (χ3n) is 3.23. The molecule has 1 fully saturated rings. The molecule has 1 aliphatic rings. The summed E-state index contributed by atoms with van der Waals surface area (Å²) in [5, 5.41) is 31.3. The molecule has 1 saturated heterocycles. The van der Waals surface area contributed by atoms with Crippen LogP contribution in [0.25, 0.3) is 0 Å². The molecule has 3 unspecified atom stereocenters. The number of aliphatic hydroxyl groups is 3. The van der Waals surface area contributed by atoms with Crippen LogP contribution in [0.4, 0.5) is 0 Å². The molecule has 0 saturated carbocycles. The van der Waals surface area contributed by atoms with Gasteiger partial charge in [0.25, 0.3) is 0 Å². The molecule has 1 rings (SSSR count). The maximum atomic E-state index is 11.7. The second-order valence-electron chi connectivity index (χ2n) is 5.03. The Morgan fingerprint density at radius 3 is 2.48 bits per heavy atom. The Morgan fingerprint density at radius 1 is 1.29 bits per heavy atom. The van der Waals surface area contributed by atoms with Gasteiger partial charge >= 0.3 is 5.97 Å². The summed E-state index contributed by atoms with van der Waals surface area (Å²) < 4.78 is 10.4. The Labute approximate surface area is 123 Å². The fourth-order valence-corrected chi connectivity index (χ4v) is 2.08. The molecule has 0 aliphatic carbocycles. The number of rotatable bonds is 6. The average molecular weight is 305 g/mol. The van der Waals surface area contributed by atoms with Crippen molar-refractivity contribution in [2.24, 2.45) is 0 Å². The Hall–Kier alpha value is -1.22. The van der Waals surface area contributed by atoms with E-state index in [0.717, 1.165) is 6.42 Å². The van der Waals surface area contributed by atoms with E-state index in [0.29, 0.717) is 6.42 Å². The summed E-state index contributed by atoms with van der Waals surface area (Å²) in [5.41, 5.74) is 0. The molecule has 0 spiro atoms. The van der Waals surface area contributed by atoms with Gasteiger partial charge in [-0.25, -0.2) is 0 Å². The molecule has 122 valence electrons. The number of amides is 1. The first kappa shape index (κ1) is 17.8. The van der Waals surface area contributed by atoms with Gasteiger partial charge in [-0.15, -0.1) is 0 Å². The summed E-state index contributed by atoms with van der Waals surface area (Å²) in [6, 6.07) is -1.09. The quantitative estimate of drug-likeness (QED) is 0.448. The summed E-state index contributed by atoms with van der Waals surface area (Å²) in [6.45, 7) is 2.60. The van der Waals surface area contributed by atoms with Gasteiger partial charge in [-0.3, -0.25) is 9.59 Å². The summed E-state index contributed by atoms with van der Waals surface area (Å²) in [5.74, 6) is -0.996. The lowest BCUT2D eigenvalue weighted by atomic mass is 9.97. The number of aliphatic hydroxyl groups excluding tert-OH is 3. The molecule has 0 radical (unpaired) electrons. The van der Waals surface area contributed by atoms with E-state index in [9.17, 15) is 19.8 Å². The van der Waals surface area contributed by atoms with Gasteiger partial charge in [-0.1, -0.05) is 13.3 Å². The first-order valence-corrected chi connectivity index (χ1v) is 6.99. The Morgan fingerprint density at radius 2 is 1.95 bits per heavy atom. The molecule has 1 aliphatic heterocycles. The third-order valence-corrected chi connectivity index (χ3v) is 3.23. The van der Waals surface area contributed by atoms with Crippen LogP contribution in [0.2, 0.25) is 0 Å². The number of hydrogen-bond donors (Lipinski definition) is 4. The van der Waals surface area contributed by atoms with Crippen molar-refractivity contribution in [1.29, 1.82) is 0 Å². The van der Waals surface area contributed by atoms with Crippen molar-refractivity contribution in [2.75, 3.05) is 6.61 Å². The zero-order valence-electron chi connectivity index (χ0n) is 12.2. The van der Waals surface area contributed by atoms with Gasteiger partial charge in [0.2, 0.25) is 12.2 Å². The lowest BCUT2D eigenvalue weighted by Gasteiger charge is -2.41. The summed E-state index contributed by atoms with van der Waals surface area (Å²) in [6.07, 6.45) is -3.50. The number of hydrogen-bond acceptors (Lipinski definition) is 7. The van der Waals surface area contributed by atoms with Crippen molar-refractivity contribution in [1.82, 2.24) is 5.32 Å². The lowest BCUT2D eigenvalue weighted by Crippen LogP contribution is -2.64. The van der Waals surface area contributed by atoms with E-state index < -0.39 is 49.1 Å². The van der Waals surface area contributed by atoms with Gasteiger partial charge in [-0.2, -0.15) is 0 Å². The van der Waals surface area contributed by atoms with Gasteiger partial charge in [0, 0.05) is 13.3 Å². The van der Waals surface area contributed by atoms with Gasteiger partial charge in [0.1, 0.15) is 24.4 Å². The largest absolute Gasteiger partial charge is 0.433 e. The van der Waals surface area contributed by atoms with E-state index >= 15 is 0 Å². The van der Waals surface area contributed by atoms with Crippen LogP contribution in [0, 0.1) is 0 Å². The number of ether oxygens (including phenoxy) is 2. The number of carbonyl (C=O) groups excluding carboxylic acids is 2. The fourth-order valence-electron chi connectivity index (χ4n) is 2.08. The maximum absolute atomic E-state index is 11.7. The molecule has 21 heavy (non-hydrogen) atoms. The molecule has 0 aromatic heterocycles. The minimum Gasteiger partial charge on any atom is -0.433 e. The van der Waals surface area contributed by atoms with E-state index in [1.807, 2.05) is 6.92 Å². The van der Waals surface area contributed by atoms with E-state index in [1.54, 1.807) is 0 Å². The van der Waals surface area contributed by atoms with Crippen LogP contribution in [0.1, 0.15) is 33.1 Å². The van der Waals surface area contributed by atoms with E-state index in [-0.39, 0.29) is 6.42 Å². The highest BCUT2D eigenvalue weighted by Gasteiger charge is 2.46. The normalized spacial score (nSPS) is 32.5. The van der Waals surface area contributed by atoms with Gasteiger partial charge in [-0.05, 0) is 6.42 Å². The predicted octanol–water partition coefficient (Wildman–Crippen LogP) is -1.34. The molecule has 0 bridgehead atoms. The van der Waals surface area contributed by atoms with Crippen molar-refractivity contribution < 1.29 is 34.4 Å². The number of esters is 1. The molecule has 5 atom stereocenters. The minimum absolute atomic E-state index is 0.186. The molecular weight excluding hydrogens is 282 g/mol. The topological polar surface area (TPSA) is 125 Å². The van der Waals surface area contributed by atoms with Gasteiger partial charge in [0.15, 0.2) is 0 Å². The van der Waals surface area contributed by atoms with Crippen molar-refractivity contribution >= 4 is 11.9 Å². The minimum atomic E-state index is -1.41. The zero-order valence-corrected chi connectivity index (χ0v) is 12.2. The molecule has 8 heteroatoms. The van der Waals surface area contributed by atoms with E-state index in [4.69, 9.17) is 14.6 Å². The van der Waals surface area contributed by atoms with Crippen molar-refractivity contribution in [2.45, 2.75) is 63.8 Å². The van der Waals surface area contributed by atoms with Crippen LogP contribution in [-0.2, 0) is 19.1 Å². The van der Waals surface area contributed by atoms with E-state index in [2.05, 4.69) is 5.32 Å². The second-order valence-corrected chi connectivity index (χ2v) is 5.03. The van der Waals surface area contributed by atoms with Gasteiger partial charge in [0.05, 0.1) is 6.61 Å². The van der Waals surface area contributed by atoms with E-state index in [1.165, 1.54) is 6.92 Å². The molecule has 8 nitrogen and oxygen atoms in total. The molecule has 4 N–H and O–H groups in total. The predicted molar refractivity (Wildman–Crippen MR) is 71.0 cm³/mol. The first-order valence-electron chi connectivity index (χ1n) is 6.99. The van der Waals surface area contributed by atoms with Crippen LogP contribution in [0.3, 0.4) is 0 Å². The maximum Gasteiger partial charge on any atom is 0.308 e. The van der Waals surface area contributed by atoms with Gasteiger partial charge < -0.3 is 30.1 Å². The highest BCUT2D eigenvalue weighted by atomic mass is 16.7. The highest BCUT2D eigenvalue weighted by molar-refractivity contribution is 5.73. The van der Waals surface area contributed by atoms with Crippen LogP contribution >= 0.6 is 0 Å². The summed E-state index contributed by atoms with van der Waals surface area (Å²) in [4.78, 5) is 22.8. The van der Waals surface area contributed by atoms with Crippen LogP contribution in [0.15, 0.2) is 0 Å². The lowest BCUT2D eigenvalue weighted by molar-refractivity contribution is -0.263. The summed E-state index contributed by atoms with van der Waals surface area (Å²) in [7, 11) is 0. The SMILES string of the molecule is CCCCC(=O)O[C@@H]1OC(CO)[C@@H](O)C(O)C1NC(C)=O.